The highest BCUT2D eigenvalue weighted by atomic mass is 35.5. The summed E-state index contributed by atoms with van der Waals surface area (Å²) in [7, 11) is 0. The lowest BCUT2D eigenvalue weighted by Crippen LogP contribution is -2.31. The smallest absolute Gasteiger partial charge is 0.402 e. The van der Waals surface area contributed by atoms with Crippen molar-refractivity contribution in [1.29, 1.82) is 0 Å². The van der Waals surface area contributed by atoms with E-state index in [9.17, 15) is 13.2 Å². The summed E-state index contributed by atoms with van der Waals surface area (Å²) < 4.78 is 43.9. The average molecular weight is 567 g/mol. The van der Waals surface area contributed by atoms with Crippen molar-refractivity contribution in [2.75, 3.05) is 11.4 Å². The quantitative estimate of drug-likeness (QED) is 0.238. The number of hydrogen-bond donors (Lipinski definition) is 1. The number of rotatable bonds is 6. The third-order valence-corrected chi connectivity index (χ3v) is 7.58. The Morgan fingerprint density at radius 2 is 1.75 bits per heavy atom. The lowest BCUT2D eigenvalue weighted by Gasteiger charge is -2.27. The van der Waals surface area contributed by atoms with Gasteiger partial charge in [-0.15, -0.1) is 13.2 Å². The zero-order chi connectivity index (χ0) is 28.0. The van der Waals surface area contributed by atoms with Gasteiger partial charge in [-0.1, -0.05) is 49.7 Å². The van der Waals surface area contributed by atoms with E-state index in [0.29, 0.717) is 30.5 Å². The lowest BCUT2D eigenvalue weighted by molar-refractivity contribution is -0.274. The molecule has 0 spiro atoms. The Morgan fingerprint density at radius 3 is 2.42 bits per heavy atom. The van der Waals surface area contributed by atoms with Crippen molar-refractivity contribution in [3.8, 4) is 22.7 Å². The molecule has 0 atom stereocenters. The van der Waals surface area contributed by atoms with Crippen molar-refractivity contribution < 1.29 is 17.9 Å². The number of hydrogen-bond acceptors (Lipinski definition) is 5. The van der Waals surface area contributed by atoms with Crippen LogP contribution < -0.4 is 9.64 Å². The normalized spacial score (nSPS) is 13.6. The van der Waals surface area contributed by atoms with Gasteiger partial charge < -0.3 is 14.6 Å². The number of para-hydroxylation sites is 1. The fraction of sp³-hybridized carbons (Fsp3) is 0.276. The molecule has 206 valence electrons. The monoisotopic (exact) mass is 566 g/mol. The van der Waals surface area contributed by atoms with Gasteiger partial charge in [-0.3, -0.25) is 0 Å². The number of benzene rings is 2. The highest BCUT2D eigenvalue weighted by molar-refractivity contribution is 6.35. The van der Waals surface area contributed by atoms with Crippen LogP contribution in [0.1, 0.15) is 36.2 Å². The zero-order valence-corrected chi connectivity index (χ0v) is 22.6. The first-order valence-electron chi connectivity index (χ1n) is 13.1. The van der Waals surface area contributed by atoms with Crippen LogP contribution >= 0.6 is 11.6 Å². The first-order valence-corrected chi connectivity index (χ1v) is 13.5. The van der Waals surface area contributed by atoms with E-state index >= 15 is 0 Å². The Bertz CT molecular complexity index is 1670. The summed E-state index contributed by atoms with van der Waals surface area (Å²) in [5, 5.41) is 6.78. The van der Waals surface area contributed by atoms with Crippen molar-refractivity contribution in [2.45, 2.75) is 46.0 Å². The maximum atomic E-state index is 12.6. The van der Waals surface area contributed by atoms with E-state index in [-0.39, 0.29) is 0 Å². The molecule has 0 radical (unpaired) electrons. The van der Waals surface area contributed by atoms with E-state index in [1.54, 1.807) is 0 Å². The molecule has 0 saturated heterocycles. The van der Waals surface area contributed by atoms with Crippen molar-refractivity contribution >= 4 is 28.5 Å². The fourth-order valence-corrected chi connectivity index (χ4v) is 5.68. The molecule has 4 heterocycles. The SMILES string of the molecule is CCc1cccc(CC)c1-n1nc2c(c1-c1ccc(Cl)c3[nH]ccc13)CN(c1ncc(OC(F)(F)F)cn1)CC2. The molecule has 2 aromatic carbocycles. The number of H-pyrrole nitrogens is 1. The van der Waals surface area contributed by atoms with Gasteiger partial charge in [0.15, 0.2) is 5.75 Å². The van der Waals surface area contributed by atoms with Crippen LogP contribution in [-0.2, 0) is 25.8 Å². The molecule has 5 aromatic rings. The molecule has 0 aliphatic carbocycles. The number of nitrogens with zero attached hydrogens (tertiary/aromatic N) is 5. The first kappa shape index (κ1) is 26.2. The Hall–Kier alpha value is -4.05. The van der Waals surface area contributed by atoms with E-state index in [1.165, 1.54) is 11.1 Å². The number of anilines is 1. The van der Waals surface area contributed by atoms with Crippen molar-refractivity contribution in [1.82, 2.24) is 24.7 Å². The molecule has 0 saturated carbocycles. The Morgan fingerprint density at radius 1 is 1.02 bits per heavy atom. The van der Waals surface area contributed by atoms with Gasteiger partial charge >= 0.3 is 6.36 Å². The third-order valence-electron chi connectivity index (χ3n) is 7.27. The molecule has 0 fully saturated rings. The topological polar surface area (TPSA) is 71.9 Å². The summed E-state index contributed by atoms with van der Waals surface area (Å²) in [4.78, 5) is 13.5. The molecular weight excluding hydrogens is 541 g/mol. The van der Waals surface area contributed by atoms with Crippen molar-refractivity contribution in [2.24, 2.45) is 0 Å². The molecule has 11 heteroatoms. The molecule has 40 heavy (non-hydrogen) atoms. The van der Waals surface area contributed by atoms with Gasteiger partial charge in [0.2, 0.25) is 5.95 Å². The Balaban J connectivity index is 1.51. The second-order valence-electron chi connectivity index (χ2n) is 9.62. The summed E-state index contributed by atoms with van der Waals surface area (Å²) in [6, 6.07) is 12.3. The van der Waals surface area contributed by atoms with E-state index in [4.69, 9.17) is 16.7 Å². The van der Waals surface area contributed by atoms with E-state index in [0.717, 1.165) is 64.3 Å². The molecule has 1 aliphatic rings. The zero-order valence-electron chi connectivity index (χ0n) is 21.9. The third kappa shape index (κ3) is 4.66. The molecule has 3 aromatic heterocycles. The van der Waals surface area contributed by atoms with Crippen LogP contribution in [0.4, 0.5) is 19.1 Å². The maximum absolute atomic E-state index is 12.6. The van der Waals surface area contributed by atoms with E-state index in [1.807, 2.05) is 29.3 Å². The summed E-state index contributed by atoms with van der Waals surface area (Å²) in [6.45, 7) is 5.28. The van der Waals surface area contributed by atoms with Crippen LogP contribution in [0.3, 0.4) is 0 Å². The predicted molar refractivity (Wildman–Crippen MR) is 148 cm³/mol. The minimum absolute atomic E-state index is 0.324. The van der Waals surface area contributed by atoms with Crippen LogP contribution in [0.25, 0.3) is 27.8 Å². The molecule has 1 N–H and O–H groups in total. The summed E-state index contributed by atoms with van der Waals surface area (Å²) in [5.74, 6) is -0.133. The van der Waals surface area contributed by atoms with Gasteiger partial charge in [0.05, 0.1) is 40.0 Å². The van der Waals surface area contributed by atoms with Crippen LogP contribution in [0.15, 0.2) is 55.0 Å². The second-order valence-corrected chi connectivity index (χ2v) is 10.0. The molecule has 7 nitrogen and oxygen atoms in total. The minimum Gasteiger partial charge on any atom is -0.402 e. The van der Waals surface area contributed by atoms with Crippen LogP contribution in [0.5, 0.6) is 5.75 Å². The standard InChI is InChI=1S/C29H26ClF3N6O/c1-3-17-6-5-7-18(4-2)26(17)39-27(21-8-9-23(30)25-20(21)10-12-34-25)22-16-38(13-11-24(22)37-39)28-35-14-19(15-36-28)40-29(31,32)33/h5-10,12,14-15,34H,3-4,11,13,16H2,1-2H3. The molecule has 0 amide bonds. The second kappa shape index (κ2) is 10.2. The van der Waals surface area contributed by atoms with Crippen molar-refractivity contribution in [3.63, 3.8) is 0 Å². The van der Waals surface area contributed by atoms with Gasteiger partial charge in [-0.25, -0.2) is 14.6 Å². The predicted octanol–water partition coefficient (Wildman–Crippen LogP) is 7.05. The van der Waals surface area contributed by atoms with Gasteiger partial charge in [0, 0.05) is 42.2 Å². The number of aryl methyl sites for hydroxylation is 2. The number of alkyl halides is 3. The minimum atomic E-state index is -4.80. The Kier molecular flexibility index (Phi) is 6.66. The summed E-state index contributed by atoms with van der Waals surface area (Å²) in [5.41, 5.74) is 8.23. The van der Waals surface area contributed by atoms with Gasteiger partial charge in [-0.05, 0) is 36.1 Å². The Labute approximate surface area is 233 Å². The van der Waals surface area contributed by atoms with Gasteiger partial charge in [0.25, 0.3) is 0 Å². The highest BCUT2D eigenvalue weighted by Gasteiger charge is 2.32. The maximum Gasteiger partial charge on any atom is 0.573 e. The summed E-state index contributed by atoms with van der Waals surface area (Å²) >= 11 is 6.52. The number of ether oxygens (including phenoxy) is 1. The van der Waals surface area contributed by atoms with Crippen LogP contribution in [0.2, 0.25) is 5.02 Å². The van der Waals surface area contributed by atoms with E-state index < -0.39 is 12.1 Å². The van der Waals surface area contributed by atoms with Gasteiger partial charge in [0.1, 0.15) is 0 Å². The van der Waals surface area contributed by atoms with Gasteiger partial charge in [-0.2, -0.15) is 5.10 Å². The number of nitrogens with one attached hydrogen (secondary N) is 1. The number of aromatic nitrogens is 5. The number of halogens is 4. The van der Waals surface area contributed by atoms with Crippen LogP contribution in [-0.4, -0.2) is 37.6 Å². The molecule has 6 rings (SSSR count). The number of aromatic amines is 1. The summed E-state index contributed by atoms with van der Waals surface area (Å²) in [6.07, 6.45) is 1.48. The molecular formula is C29H26ClF3N6O. The first-order chi connectivity index (χ1) is 19.3. The number of fused-ring (bicyclic) bond motifs is 2. The fourth-order valence-electron chi connectivity index (χ4n) is 5.46. The molecule has 0 unspecified atom stereocenters. The average Bonchev–Trinajstić information content (AvgIpc) is 3.58. The lowest BCUT2D eigenvalue weighted by atomic mass is 9.97. The highest BCUT2D eigenvalue weighted by Crippen LogP contribution is 2.40. The largest absolute Gasteiger partial charge is 0.573 e. The molecule has 0 bridgehead atoms. The van der Waals surface area contributed by atoms with Crippen LogP contribution in [0, 0.1) is 0 Å². The van der Waals surface area contributed by atoms with Crippen molar-refractivity contribution in [3.05, 3.63) is 82.4 Å². The van der Waals surface area contributed by atoms with E-state index in [2.05, 4.69) is 56.4 Å². The molecule has 1 aliphatic heterocycles.